The number of piperidine rings is 1. The molecule has 4 rings (SSSR count). The first-order chi connectivity index (χ1) is 18.8. The van der Waals surface area contributed by atoms with Crippen molar-refractivity contribution in [1.82, 2.24) is 14.7 Å². The first-order valence-corrected chi connectivity index (χ1v) is 13.6. The molecule has 2 heterocycles. The quantitative estimate of drug-likeness (QED) is 0.464. The van der Waals surface area contributed by atoms with Crippen molar-refractivity contribution in [3.05, 3.63) is 59.7 Å². The SMILES string of the molecule is COCC(=O)N1CCN(Cc2cccc(OCCN3CCCCC3)c2)C[C@@](O)(COc2ccc(F)c(F)c2)C1. The molecule has 1 N–H and O–H groups in total. The third-order valence-electron chi connectivity index (χ3n) is 7.14. The van der Waals surface area contributed by atoms with Crippen molar-refractivity contribution in [2.24, 2.45) is 0 Å². The van der Waals surface area contributed by atoms with Gasteiger partial charge < -0.3 is 24.2 Å². The highest BCUT2D eigenvalue weighted by Gasteiger charge is 2.37. The van der Waals surface area contributed by atoms with Crippen molar-refractivity contribution >= 4 is 5.91 Å². The Hall–Kier alpha value is -2.79. The number of aliphatic hydroxyl groups is 1. The minimum Gasteiger partial charge on any atom is -0.492 e. The van der Waals surface area contributed by atoms with E-state index in [0.717, 1.165) is 43.1 Å². The van der Waals surface area contributed by atoms with Gasteiger partial charge in [-0.05, 0) is 55.8 Å². The number of hydrogen-bond acceptors (Lipinski definition) is 7. The minimum absolute atomic E-state index is 0.0228. The summed E-state index contributed by atoms with van der Waals surface area (Å²) in [5.74, 6) is -1.35. The Morgan fingerprint density at radius 2 is 1.72 bits per heavy atom. The molecule has 1 amide bonds. The van der Waals surface area contributed by atoms with Gasteiger partial charge in [-0.1, -0.05) is 18.6 Å². The van der Waals surface area contributed by atoms with E-state index in [1.165, 1.54) is 32.4 Å². The van der Waals surface area contributed by atoms with E-state index in [-0.39, 0.29) is 38.0 Å². The summed E-state index contributed by atoms with van der Waals surface area (Å²) in [5.41, 5.74) is -0.432. The number of halogens is 2. The summed E-state index contributed by atoms with van der Waals surface area (Å²) >= 11 is 0. The molecule has 0 aliphatic carbocycles. The Morgan fingerprint density at radius 3 is 2.49 bits per heavy atom. The molecule has 1 atom stereocenters. The second kappa shape index (κ2) is 14.0. The first-order valence-electron chi connectivity index (χ1n) is 13.6. The highest BCUT2D eigenvalue weighted by molar-refractivity contribution is 5.77. The number of rotatable bonds is 11. The van der Waals surface area contributed by atoms with Crippen molar-refractivity contribution in [3.8, 4) is 11.5 Å². The standard InChI is InChI=1S/C29H39F2N3O5/c1-37-19-28(35)34-13-12-33(20-29(36,21-34)22-39-25-8-9-26(30)27(31)17-25)18-23-6-5-7-24(16-23)38-15-14-32-10-3-2-4-11-32/h5-9,16-17,36H,2-4,10-15,18-22H2,1H3/t29-/m0/s1. The maximum absolute atomic E-state index is 13.7. The average molecular weight is 548 g/mol. The van der Waals surface area contributed by atoms with Crippen molar-refractivity contribution in [3.63, 3.8) is 0 Å². The molecule has 2 aliphatic rings. The summed E-state index contributed by atoms with van der Waals surface area (Å²) in [5, 5.41) is 11.6. The van der Waals surface area contributed by atoms with Gasteiger partial charge in [-0.15, -0.1) is 0 Å². The molecule has 0 bridgehead atoms. The fraction of sp³-hybridized carbons (Fsp3) is 0.552. The molecule has 0 saturated carbocycles. The van der Waals surface area contributed by atoms with E-state index in [1.807, 2.05) is 24.3 Å². The zero-order chi connectivity index (χ0) is 27.7. The summed E-state index contributed by atoms with van der Waals surface area (Å²) < 4.78 is 43.7. The van der Waals surface area contributed by atoms with Gasteiger partial charge in [0.1, 0.15) is 36.9 Å². The molecular weight excluding hydrogens is 508 g/mol. The Morgan fingerprint density at radius 1 is 0.923 bits per heavy atom. The second-order valence-corrected chi connectivity index (χ2v) is 10.4. The Labute approximate surface area is 229 Å². The third-order valence-corrected chi connectivity index (χ3v) is 7.14. The second-order valence-electron chi connectivity index (χ2n) is 10.4. The molecular formula is C29H39F2N3O5. The van der Waals surface area contributed by atoms with Gasteiger partial charge in [0.2, 0.25) is 5.91 Å². The van der Waals surface area contributed by atoms with Gasteiger partial charge in [-0.25, -0.2) is 8.78 Å². The summed E-state index contributed by atoms with van der Waals surface area (Å²) in [7, 11) is 1.45. The molecule has 0 unspecified atom stereocenters. The van der Waals surface area contributed by atoms with Crippen molar-refractivity contribution in [2.75, 3.05) is 72.7 Å². The number of carbonyl (C=O) groups excluding carboxylic acids is 1. The molecule has 2 aromatic rings. The van der Waals surface area contributed by atoms with Crippen molar-refractivity contribution in [2.45, 2.75) is 31.4 Å². The highest BCUT2D eigenvalue weighted by Crippen LogP contribution is 2.22. The maximum Gasteiger partial charge on any atom is 0.248 e. The molecule has 39 heavy (non-hydrogen) atoms. The van der Waals surface area contributed by atoms with Gasteiger partial charge >= 0.3 is 0 Å². The maximum atomic E-state index is 13.7. The molecule has 8 nitrogen and oxygen atoms in total. The number of likely N-dealkylation sites (tertiary alicyclic amines) is 1. The monoisotopic (exact) mass is 547 g/mol. The lowest BCUT2D eigenvalue weighted by atomic mass is 10.0. The van der Waals surface area contributed by atoms with E-state index in [4.69, 9.17) is 14.2 Å². The molecule has 2 aliphatic heterocycles. The third kappa shape index (κ3) is 8.86. The lowest BCUT2D eigenvalue weighted by Gasteiger charge is -2.33. The molecule has 0 spiro atoms. The summed E-state index contributed by atoms with van der Waals surface area (Å²) in [4.78, 5) is 18.7. The van der Waals surface area contributed by atoms with Crippen LogP contribution in [0, 0.1) is 11.6 Å². The van der Waals surface area contributed by atoms with Crippen molar-refractivity contribution in [1.29, 1.82) is 0 Å². The van der Waals surface area contributed by atoms with Gasteiger partial charge in [0.25, 0.3) is 0 Å². The predicted octanol–water partition coefficient (Wildman–Crippen LogP) is 2.93. The number of hydrogen-bond donors (Lipinski definition) is 1. The zero-order valence-corrected chi connectivity index (χ0v) is 22.6. The molecule has 2 fully saturated rings. The van der Waals surface area contributed by atoms with E-state index in [0.29, 0.717) is 26.2 Å². The number of ether oxygens (including phenoxy) is 3. The zero-order valence-electron chi connectivity index (χ0n) is 22.6. The van der Waals surface area contributed by atoms with Gasteiger partial charge in [0, 0.05) is 45.9 Å². The summed E-state index contributed by atoms with van der Waals surface area (Å²) in [6.45, 7) is 5.20. The number of benzene rings is 2. The minimum atomic E-state index is -1.45. The Balaban J connectivity index is 1.40. The number of nitrogens with zero attached hydrogens (tertiary/aromatic N) is 3. The van der Waals surface area contributed by atoms with Crippen molar-refractivity contribution < 1.29 is 32.9 Å². The van der Waals surface area contributed by atoms with Gasteiger partial charge in [0.05, 0.1) is 6.54 Å². The largest absolute Gasteiger partial charge is 0.492 e. The van der Waals surface area contributed by atoms with Gasteiger partial charge in [-0.3, -0.25) is 14.6 Å². The van der Waals surface area contributed by atoms with Crippen LogP contribution in [0.3, 0.4) is 0 Å². The van der Waals surface area contributed by atoms with Crippen LogP contribution in [0.15, 0.2) is 42.5 Å². The number of carbonyl (C=O) groups is 1. The van der Waals surface area contributed by atoms with E-state index in [2.05, 4.69) is 9.80 Å². The molecule has 2 aromatic carbocycles. The van der Waals surface area contributed by atoms with Crippen LogP contribution in [-0.4, -0.2) is 104 Å². The number of β-amino-alcohol motifs (C(OH)–C–C–N with tert-alkyl or cyclic N) is 1. The number of amides is 1. The Kier molecular flexibility index (Phi) is 10.5. The topological polar surface area (TPSA) is 74.7 Å². The molecule has 214 valence electrons. The lowest BCUT2D eigenvalue weighted by molar-refractivity contribution is -0.138. The molecule has 2 saturated heterocycles. The molecule has 0 radical (unpaired) electrons. The normalized spacial score (nSPS) is 21.0. The van der Waals surface area contributed by atoms with Crippen LogP contribution in [0.25, 0.3) is 0 Å². The summed E-state index contributed by atoms with van der Waals surface area (Å²) in [6.07, 6.45) is 3.80. The molecule has 0 aromatic heterocycles. The van der Waals surface area contributed by atoms with Crippen LogP contribution in [-0.2, 0) is 16.1 Å². The van der Waals surface area contributed by atoms with Crippen LogP contribution in [0.1, 0.15) is 24.8 Å². The summed E-state index contributed by atoms with van der Waals surface area (Å²) in [6, 6.07) is 11.1. The van der Waals surface area contributed by atoms with Crippen LogP contribution < -0.4 is 9.47 Å². The predicted molar refractivity (Wildman–Crippen MR) is 143 cm³/mol. The van der Waals surface area contributed by atoms with Crippen LogP contribution in [0.5, 0.6) is 11.5 Å². The Bertz CT molecular complexity index is 1080. The van der Waals surface area contributed by atoms with E-state index in [1.54, 1.807) is 4.90 Å². The van der Waals surface area contributed by atoms with Crippen LogP contribution in [0.4, 0.5) is 8.78 Å². The van der Waals surface area contributed by atoms with Crippen LogP contribution in [0.2, 0.25) is 0 Å². The van der Waals surface area contributed by atoms with E-state index in [9.17, 15) is 18.7 Å². The fourth-order valence-corrected chi connectivity index (χ4v) is 5.15. The number of methoxy groups -OCH3 is 1. The van der Waals surface area contributed by atoms with E-state index < -0.39 is 17.2 Å². The van der Waals surface area contributed by atoms with Crippen LogP contribution >= 0.6 is 0 Å². The van der Waals surface area contributed by atoms with E-state index >= 15 is 0 Å². The average Bonchev–Trinajstić information content (AvgIpc) is 3.09. The highest BCUT2D eigenvalue weighted by atomic mass is 19.2. The smallest absolute Gasteiger partial charge is 0.248 e. The fourth-order valence-electron chi connectivity index (χ4n) is 5.15. The first kappa shape index (κ1) is 29.2. The lowest BCUT2D eigenvalue weighted by Crippen LogP contribution is -2.52. The molecule has 10 heteroatoms. The van der Waals surface area contributed by atoms with Gasteiger partial charge in [-0.2, -0.15) is 0 Å². The van der Waals surface area contributed by atoms with Gasteiger partial charge in [0.15, 0.2) is 11.6 Å².